The normalized spacial score (nSPS) is 10.8. The van der Waals surface area contributed by atoms with Gasteiger partial charge in [0.05, 0.1) is 17.5 Å². The van der Waals surface area contributed by atoms with Gasteiger partial charge in [0, 0.05) is 21.8 Å². The number of rotatable bonds is 2. The molecule has 0 radical (unpaired) electrons. The third-order valence-corrected chi connectivity index (χ3v) is 3.37. The van der Waals surface area contributed by atoms with Crippen LogP contribution in [0.25, 0.3) is 22.4 Å². The number of nitrogens with two attached hydrogens (primary N) is 1. The molecule has 0 amide bonds. The lowest BCUT2D eigenvalue weighted by Crippen LogP contribution is -1.89. The van der Waals surface area contributed by atoms with Crippen LogP contribution in [-0.4, -0.2) is 20.4 Å². The van der Waals surface area contributed by atoms with Crippen LogP contribution in [0.4, 0.5) is 5.82 Å². The number of H-pyrrole nitrogens is 2. The summed E-state index contributed by atoms with van der Waals surface area (Å²) in [5.74, 6) is 0.420. The van der Waals surface area contributed by atoms with Crippen molar-refractivity contribution in [1.29, 1.82) is 0 Å². The number of hydrogen-bond donors (Lipinski definition) is 3. The molecule has 1 aromatic carbocycles. The Bertz CT molecular complexity index is 728. The zero-order valence-corrected chi connectivity index (χ0v) is 11.0. The number of aromatic nitrogens is 4. The maximum absolute atomic E-state index is 6.24. The van der Waals surface area contributed by atoms with Crippen molar-refractivity contribution in [2.45, 2.75) is 6.92 Å². The molecule has 0 atom stereocenters. The Hall–Kier alpha value is -2.27. The molecule has 0 fully saturated rings. The van der Waals surface area contributed by atoms with Gasteiger partial charge >= 0.3 is 0 Å². The Kier molecular flexibility index (Phi) is 2.76. The molecule has 0 aliphatic rings. The van der Waals surface area contributed by atoms with Gasteiger partial charge < -0.3 is 5.73 Å². The molecular weight excluding hydrogens is 262 g/mol. The van der Waals surface area contributed by atoms with Crippen LogP contribution in [0.1, 0.15) is 5.69 Å². The van der Waals surface area contributed by atoms with E-state index in [2.05, 4.69) is 20.4 Å². The third-order valence-electron chi connectivity index (χ3n) is 3.04. The summed E-state index contributed by atoms with van der Waals surface area (Å²) in [6.45, 7) is 1.94. The van der Waals surface area contributed by atoms with Crippen molar-refractivity contribution < 1.29 is 0 Å². The minimum absolute atomic E-state index is 0.420. The molecule has 3 rings (SSSR count). The summed E-state index contributed by atoms with van der Waals surface area (Å²) in [6.07, 6.45) is 1.74. The van der Waals surface area contributed by atoms with Crippen LogP contribution in [0.5, 0.6) is 0 Å². The number of halogens is 1. The summed E-state index contributed by atoms with van der Waals surface area (Å²) in [4.78, 5) is 0. The standard InChI is InChI=1S/C13H12ClN5/c1-7-9(6-16-17-7)12-11(13(15)19-18-12)8-4-2-3-5-10(8)14/h2-6H,1H3,(H,16,17)(H3,15,18,19). The van der Waals surface area contributed by atoms with Gasteiger partial charge in [-0.25, -0.2) is 0 Å². The second kappa shape index (κ2) is 4.44. The van der Waals surface area contributed by atoms with Crippen molar-refractivity contribution in [2.24, 2.45) is 0 Å². The molecule has 2 aromatic heterocycles. The first kappa shape index (κ1) is 11.8. The molecule has 0 unspecified atom stereocenters. The second-order valence-electron chi connectivity index (χ2n) is 4.25. The fraction of sp³-hybridized carbons (Fsp3) is 0.0769. The van der Waals surface area contributed by atoms with Crippen molar-refractivity contribution in [1.82, 2.24) is 20.4 Å². The molecular formula is C13H12ClN5. The molecule has 0 saturated heterocycles. The van der Waals surface area contributed by atoms with E-state index in [9.17, 15) is 0 Å². The van der Waals surface area contributed by atoms with Crippen LogP contribution in [-0.2, 0) is 0 Å². The first-order valence-electron chi connectivity index (χ1n) is 5.77. The zero-order valence-electron chi connectivity index (χ0n) is 10.2. The summed E-state index contributed by atoms with van der Waals surface area (Å²) in [5.41, 5.74) is 10.3. The van der Waals surface area contributed by atoms with E-state index in [4.69, 9.17) is 17.3 Å². The first-order chi connectivity index (χ1) is 9.18. The fourth-order valence-electron chi connectivity index (χ4n) is 2.09. The van der Waals surface area contributed by atoms with Gasteiger partial charge in [0.25, 0.3) is 0 Å². The fourth-order valence-corrected chi connectivity index (χ4v) is 2.32. The first-order valence-corrected chi connectivity index (χ1v) is 6.15. The molecule has 5 nitrogen and oxygen atoms in total. The van der Waals surface area contributed by atoms with E-state index >= 15 is 0 Å². The number of nitrogens with one attached hydrogen (secondary N) is 2. The summed E-state index contributed by atoms with van der Waals surface area (Å²) >= 11 is 6.24. The summed E-state index contributed by atoms with van der Waals surface area (Å²) < 4.78 is 0. The lowest BCUT2D eigenvalue weighted by molar-refractivity contribution is 1.05. The monoisotopic (exact) mass is 273 g/mol. The van der Waals surface area contributed by atoms with Gasteiger partial charge in [0.1, 0.15) is 0 Å². The van der Waals surface area contributed by atoms with Gasteiger partial charge in [-0.15, -0.1) is 0 Å². The number of aromatic amines is 2. The van der Waals surface area contributed by atoms with Crippen molar-refractivity contribution in [3.05, 3.63) is 41.2 Å². The second-order valence-corrected chi connectivity index (χ2v) is 4.65. The number of anilines is 1. The Morgan fingerprint density at radius 2 is 1.95 bits per heavy atom. The highest BCUT2D eigenvalue weighted by atomic mass is 35.5. The van der Waals surface area contributed by atoms with Crippen LogP contribution < -0.4 is 5.73 Å². The van der Waals surface area contributed by atoms with Crippen molar-refractivity contribution >= 4 is 17.4 Å². The predicted molar refractivity (Wildman–Crippen MR) is 75.8 cm³/mol. The van der Waals surface area contributed by atoms with Crippen LogP contribution in [0.2, 0.25) is 5.02 Å². The number of benzene rings is 1. The Balaban J connectivity index is 2.26. The molecule has 4 N–H and O–H groups in total. The van der Waals surface area contributed by atoms with E-state index in [1.807, 2.05) is 31.2 Å². The van der Waals surface area contributed by atoms with Gasteiger partial charge in [0.15, 0.2) is 5.82 Å². The molecule has 0 aliphatic heterocycles. The molecule has 19 heavy (non-hydrogen) atoms. The van der Waals surface area contributed by atoms with E-state index in [1.165, 1.54) is 0 Å². The van der Waals surface area contributed by atoms with E-state index in [1.54, 1.807) is 6.20 Å². The van der Waals surface area contributed by atoms with Gasteiger partial charge in [-0.1, -0.05) is 29.8 Å². The number of nitrogen functional groups attached to an aromatic ring is 1. The molecule has 2 heterocycles. The molecule has 96 valence electrons. The molecule has 0 saturated carbocycles. The zero-order chi connectivity index (χ0) is 13.4. The molecule has 0 spiro atoms. The largest absolute Gasteiger partial charge is 0.382 e. The minimum atomic E-state index is 0.420. The van der Waals surface area contributed by atoms with E-state index in [0.717, 1.165) is 28.1 Å². The highest BCUT2D eigenvalue weighted by Gasteiger charge is 2.18. The van der Waals surface area contributed by atoms with Gasteiger partial charge in [-0.2, -0.15) is 10.2 Å². The SMILES string of the molecule is Cc1[nH]ncc1-c1[nH]nc(N)c1-c1ccccc1Cl. The lowest BCUT2D eigenvalue weighted by Gasteiger charge is -2.05. The Labute approximate surface area is 114 Å². The summed E-state index contributed by atoms with van der Waals surface area (Å²) in [7, 11) is 0. The number of nitrogens with zero attached hydrogens (tertiary/aromatic N) is 2. The molecule has 0 bridgehead atoms. The van der Waals surface area contributed by atoms with Crippen molar-refractivity contribution in [3.8, 4) is 22.4 Å². The van der Waals surface area contributed by atoms with Crippen LogP contribution in [0.3, 0.4) is 0 Å². The Morgan fingerprint density at radius 1 is 1.16 bits per heavy atom. The van der Waals surface area contributed by atoms with Crippen LogP contribution in [0.15, 0.2) is 30.5 Å². The lowest BCUT2D eigenvalue weighted by atomic mass is 10.0. The smallest absolute Gasteiger partial charge is 0.153 e. The topological polar surface area (TPSA) is 83.4 Å². The number of aryl methyl sites for hydroxylation is 1. The minimum Gasteiger partial charge on any atom is -0.382 e. The average Bonchev–Trinajstić information content (AvgIpc) is 2.96. The van der Waals surface area contributed by atoms with Gasteiger partial charge in [-0.3, -0.25) is 10.2 Å². The predicted octanol–water partition coefficient (Wildman–Crippen LogP) is 3.01. The van der Waals surface area contributed by atoms with Crippen molar-refractivity contribution in [2.75, 3.05) is 5.73 Å². The van der Waals surface area contributed by atoms with Gasteiger partial charge in [0.2, 0.25) is 0 Å². The highest BCUT2D eigenvalue weighted by Crippen LogP contribution is 2.38. The highest BCUT2D eigenvalue weighted by molar-refractivity contribution is 6.33. The average molecular weight is 274 g/mol. The number of hydrogen-bond acceptors (Lipinski definition) is 3. The van der Waals surface area contributed by atoms with Gasteiger partial charge in [-0.05, 0) is 13.0 Å². The summed E-state index contributed by atoms with van der Waals surface area (Å²) in [5, 5.41) is 14.6. The quantitative estimate of drug-likeness (QED) is 0.671. The van der Waals surface area contributed by atoms with E-state index < -0.39 is 0 Å². The third kappa shape index (κ3) is 1.88. The summed E-state index contributed by atoms with van der Waals surface area (Å²) in [6, 6.07) is 7.54. The van der Waals surface area contributed by atoms with Crippen LogP contribution in [0, 0.1) is 6.92 Å². The maximum Gasteiger partial charge on any atom is 0.153 e. The van der Waals surface area contributed by atoms with E-state index in [0.29, 0.717) is 10.8 Å². The Morgan fingerprint density at radius 3 is 2.63 bits per heavy atom. The molecule has 0 aliphatic carbocycles. The molecule has 3 aromatic rings. The molecule has 6 heteroatoms. The van der Waals surface area contributed by atoms with Crippen LogP contribution >= 0.6 is 11.6 Å². The maximum atomic E-state index is 6.24. The van der Waals surface area contributed by atoms with E-state index in [-0.39, 0.29) is 0 Å². The van der Waals surface area contributed by atoms with Crippen molar-refractivity contribution in [3.63, 3.8) is 0 Å².